The number of carbonyl (C=O) groups excluding carboxylic acids is 2. The Morgan fingerprint density at radius 2 is 2.11 bits per heavy atom. The van der Waals surface area contributed by atoms with Crippen LogP contribution in [0.25, 0.3) is 0 Å². The predicted octanol–water partition coefficient (Wildman–Crippen LogP) is 1.85. The maximum Gasteiger partial charge on any atom is 0.251 e. The van der Waals surface area contributed by atoms with Gasteiger partial charge in [0.15, 0.2) is 11.5 Å². The molecule has 1 aromatic carbocycles. The van der Waals surface area contributed by atoms with E-state index in [1.165, 1.54) is 0 Å². The molecule has 27 heavy (non-hydrogen) atoms. The smallest absolute Gasteiger partial charge is 0.251 e. The molecule has 4 rings (SSSR count). The van der Waals surface area contributed by atoms with Crippen LogP contribution in [0, 0.1) is 11.8 Å². The minimum Gasteiger partial charge on any atom is -0.454 e. The largest absolute Gasteiger partial charge is 0.454 e. The molecule has 1 aromatic rings. The van der Waals surface area contributed by atoms with Crippen molar-refractivity contribution in [1.29, 1.82) is 0 Å². The molecular weight excluding hydrogens is 348 g/mol. The predicted molar refractivity (Wildman–Crippen MR) is 97.7 cm³/mol. The van der Waals surface area contributed by atoms with Crippen molar-refractivity contribution in [2.24, 2.45) is 11.8 Å². The zero-order chi connectivity index (χ0) is 18.8. The van der Waals surface area contributed by atoms with Gasteiger partial charge >= 0.3 is 0 Å². The van der Waals surface area contributed by atoms with Crippen molar-refractivity contribution >= 4 is 11.8 Å². The summed E-state index contributed by atoms with van der Waals surface area (Å²) in [6, 6.07) is 5.37. The third kappa shape index (κ3) is 3.88. The minimum atomic E-state index is -0.164. The molecule has 146 valence electrons. The third-order valence-electron chi connectivity index (χ3n) is 5.98. The van der Waals surface area contributed by atoms with Crippen LogP contribution in [-0.4, -0.2) is 44.4 Å². The van der Waals surface area contributed by atoms with Gasteiger partial charge in [-0.15, -0.1) is 0 Å². The fraction of sp³-hybridized carbons (Fsp3) is 0.600. The molecule has 7 nitrogen and oxygen atoms in total. The Morgan fingerprint density at radius 1 is 1.26 bits per heavy atom. The van der Waals surface area contributed by atoms with Crippen molar-refractivity contribution in [3.05, 3.63) is 23.8 Å². The van der Waals surface area contributed by atoms with E-state index in [-0.39, 0.29) is 36.7 Å². The van der Waals surface area contributed by atoms with E-state index in [0.29, 0.717) is 35.9 Å². The molecule has 2 N–H and O–H groups in total. The van der Waals surface area contributed by atoms with Gasteiger partial charge in [0.05, 0.1) is 6.10 Å². The normalized spacial score (nSPS) is 29.0. The van der Waals surface area contributed by atoms with Crippen molar-refractivity contribution in [1.82, 2.24) is 10.6 Å². The first-order chi connectivity index (χ1) is 13.1. The van der Waals surface area contributed by atoms with E-state index in [0.717, 1.165) is 25.7 Å². The van der Waals surface area contributed by atoms with Crippen molar-refractivity contribution in [2.45, 2.75) is 44.2 Å². The zero-order valence-corrected chi connectivity index (χ0v) is 15.5. The average Bonchev–Trinajstić information content (AvgIpc) is 3.15. The van der Waals surface area contributed by atoms with Crippen LogP contribution in [0.3, 0.4) is 0 Å². The number of benzene rings is 1. The fourth-order valence-electron chi connectivity index (χ4n) is 4.39. The van der Waals surface area contributed by atoms with Crippen LogP contribution in [0.4, 0.5) is 0 Å². The Bertz CT molecular complexity index is 722. The van der Waals surface area contributed by atoms with Crippen molar-refractivity contribution in [3.63, 3.8) is 0 Å². The third-order valence-corrected chi connectivity index (χ3v) is 5.98. The monoisotopic (exact) mass is 374 g/mol. The van der Waals surface area contributed by atoms with E-state index in [1.54, 1.807) is 25.3 Å². The summed E-state index contributed by atoms with van der Waals surface area (Å²) < 4.78 is 16.0. The second kappa shape index (κ2) is 7.76. The molecule has 7 heteroatoms. The summed E-state index contributed by atoms with van der Waals surface area (Å²) in [7, 11) is 1.74. The maximum absolute atomic E-state index is 12.4. The van der Waals surface area contributed by atoms with E-state index in [9.17, 15) is 9.59 Å². The van der Waals surface area contributed by atoms with Gasteiger partial charge in [-0.3, -0.25) is 9.59 Å². The number of piperidine rings is 1. The minimum absolute atomic E-state index is 0.0394. The molecule has 0 bridgehead atoms. The number of methoxy groups -OCH3 is 1. The van der Waals surface area contributed by atoms with Gasteiger partial charge in [0.2, 0.25) is 12.7 Å². The van der Waals surface area contributed by atoms with Crippen molar-refractivity contribution in [2.75, 3.05) is 20.4 Å². The number of carbonyl (C=O) groups is 2. The molecule has 0 spiro atoms. The average molecular weight is 374 g/mol. The molecule has 4 atom stereocenters. The number of nitrogens with one attached hydrogen (secondary N) is 2. The molecular formula is C20H26N2O5. The van der Waals surface area contributed by atoms with Crippen molar-refractivity contribution < 1.29 is 23.8 Å². The quantitative estimate of drug-likeness (QED) is 0.822. The summed E-state index contributed by atoms with van der Waals surface area (Å²) in [4.78, 5) is 24.8. The first-order valence-electron chi connectivity index (χ1n) is 9.65. The second-order valence-electron chi connectivity index (χ2n) is 7.59. The van der Waals surface area contributed by atoms with Gasteiger partial charge in [0.1, 0.15) is 0 Å². The zero-order valence-electron chi connectivity index (χ0n) is 15.5. The maximum atomic E-state index is 12.4. The van der Waals surface area contributed by atoms with Crippen LogP contribution in [0.5, 0.6) is 11.5 Å². The molecule has 2 amide bonds. The lowest BCUT2D eigenvalue weighted by molar-refractivity contribution is -0.131. The van der Waals surface area contributed by atoms with E-state index in [1.807, 2.05) is 0 Å². The highest BCUT2D eigenvalue weighted by Gasteiger charge is 2.39. The topological polar surface area (TPSA) is 85.9 Å². The summed E-state index contributed by atoms with van der Waals surface area (Å²) in [5.74, 6) is 1.66. The molecule has 0 radical (unpaired) electrons. The lowest BCUT2D eigenvalue weighted by Gasteiger charge is -2.41. The standard InChI is InChI=1S/C20H26N2O5/c1-25-15-4-2-12-8-14(20(24)22-16(12)10-15)6-7-21-19(23)13-3-5-17-18(9-13)27-11-26-17/h3,5,9,12,14-16H,2,4,6-8,10-11H2,1H3,(H,21,23)(H,22,24). The highest BCUT2D eigenvalue weighted by molar-refractivity contribution is 5.95. The van der Waals surface area contributed by atoms with E-state index in [2.05, 4.69) is 10.6 Å². The second-order valence-corrected chi connectivity index (χ2v) is 7.59. The number of hydrogen-bond acceptors (Lipinski definition) is 5. The number of hydrogen-bond donors (Lipinski definition) is 2. The van der Waals surface area contributed by atoms with Gasteiger partial charge in [0, 0.05) is 31.2 Å². The van der Waals surface area contributed by atoms with Gasteiger partial charge in [-0.25, -0.2) is 0 Å². The Kier molecular flexibility index (Phi) is 5.20. The number of rotatable bonds is 5. The summed E-state index contributed by atoms with van der Waals surface area (Å²) >= 11 is 0. The van der Waals surface area contributed by atoms with Crippen LogP contribution in [0.2, 0.25) is 0 Å². The van der Waals surface area contributed by atoms with Gasteiger partial charge < -0.3 is 24.8 Å². The SMILES string of the molecule is COC1CCC2CC(CCNC(=O)c3ccc4c(c3)OCO4)C(=O)NC2C1. The Morgan fingerprint density at radius 3 is 2.96 bits per heavy atom. The van der Waals surface area contributed by atoms with Crippen LogP contribution in [-0.2, 0) is 9.53 Å². The van der Waals surface area contributed by atoms with E-state index in [4.69, 9.17) is 14.2 Å². The first-order valence-corrected chi connectivity index (χ1v) is 9.65. The van der Waals surface area contributed by atoms with E-state index < -0.39 is 0 Å². The van der Waals surface area contributed by atoms with Gasteiger partial charge in [0.25, 0.3) is 5.91 Å². The summed E-state index contributed by atoms with van der Waals surface area (Å²) in [6.07, 6.45) is 4.85. The molecule has 2 aliphatic heterocycles. The summed E-state index contributed by atoms with van der Waals surface area (Å²) in [5.41, 5.74) is 0.533. The Hall–Kier alpha value is -2.28. The number of amides is 2. The van der Waals surface area contributed by atoms with Crippen LogP contribution < -0.4 is 20.1 Å². The Labute approximate surface area is 158 Å². The van der Waals surface area contributed by atoms with Crippen molar-refractivity contribution in [3.8, 4) is 11.5 Å². The molecule has 1 aliphatic carbocycles. The molecule has 1 saturated carbocycles. The summed E-state index contributed by atoms with van der Waals surface area (Å²) in [6.45, 7) is 0.661. The van der Waals surface area contributed by atoms with Gasteiger partial charge in [-0.05, 0) is 56.2 Å². The van der Waals surface area contributed by atoms with Gasteiger partial charge in [-0.2, -0.15) is 0 Å². The molecule has 3 aliphatic rings. The van der Waals surface area contributed by atoms with Crippen LogP contribution >= 0.6 is 0 Å². The molecule has 1 saturated heterocycles. The van der Waals surface area contributed by atoms with Crippen LogP contribution in [0.1, 0.15) is 42.5 Å². The van der Waals surface area contributed by atoms with E-state index >= 15 is 0 Å². The summed E-state index contributed by atoms with van der Waals surface area (Å²) in [5, 5.41) is 6.08. The van der Waals surface area contributed by atoms with Gasteiger partial charge in [-0.1, -0.05) is 0 Å². The molecule has 2 fully saturated rings. The Balaban J connectivity index is 1.27. The highest BCUT2D eigenvalue weighted by atomic mass is 16.7. The lowest BCUT2D eigenvalue weighted by atomic mass is 9.74. The molecule has 0 aromatic heterocycles. The number of fused-ring (bicyclic) bond motifs is 2. The highest BCUT2D eigenvalue weighted by Crippen LogP contribution is 2.35. The molecule has 4 unspecified atom stereocenters. The number of ether oxygens (including phenoxy) is 3. The molecule has 2 heterocycles. The fourth-order valence-corrected chi connectivity index (χ4v) is 4.39. The van der Waals surface area contributed by atoms with Crippen LogP contribution in [0.15, 0.2) is 18.2 Å². The lowest BCUT2D eigenvalue weighted by Crippen LogP contribution is -2.53. The first kappa shape index (κ1) is 18.1.